The summed E-state index contributed by atoms with van der Waals surface area (Å²) in [6.45, 7) is -0.602. The lowest BCUT2D eigenvalue weighted by Gasteiger charge is -2.08. The lowest BCUT2D eigenvalue weighted by atomic mass is 10.2. The van der Waals surface area contributed by atoms with Gasteiger partial charge in [0, 0.05) is 0 Å². The number of nitrogens with zero attached hydrogens (tertiary/aromatic N) is 2. The van der Waals surface area contributed by atoms with Crippen LogP contribution in [0.5, 0.6) is 23.0 Å². The topological polar surface area (TPSA) is 120 Å². The molecular weight excluding hydrogens is 502 g/mol. The molecule has 0 spiro atoms. The Kier molecular flexibility index (Phi) is 10.1. The number of carbonyl (C=O) groups excluding carboxylic acids is 2. The molecule has 3 aromatic carbocycles. The van der Waals surface area contributed by atoms with E-state index in [1.54, 1.807) is 24.3 Å². The van der Waals surface area contributed by atoms with Gasteiger partial charge in [0.25, 0.3) is 11.8 Å². The summed E-state index contributed by atoms with van der Waals surface area (Å²) in [4.78, 5) is 23.8. The van der Waals surface area contributed by atoms with Crippen LogP contribution >= 0.6 is 0 Å². The Morgan fingerprint density at radius 3 is 1.47 bits per heavy atom. The first-order chi connectivity index (χ1) is 18.4. The lowest BCUT2D eigenvalue weighted by Crippen LogP contribution is -2.25. The highest BCUT2D eigenvalue weighted by molar-refractivity contribution is 5.84. The van der Waals surface area contributed by atoms with Gasteiger partial charge in [0.2, 0.25) is 0 Å². The third-order valence-electron chi connectivity index (χ3n) is 4.72. The molecule has 3 aromatic rings. The van der Waals surface area contributed by atoms with Gasteiger partial charge in [0.05, 0.1) is 26.6 Å². The Labute approximate surface area is 216 Å². The highest BCUT2D eigenvalue weighted by Crippen LogP contribution is 2.19. The van der Waals surface area contributed by atoms with Gasteiger partial charge in [0.15, 0.2) is 36.3 Å². The van der Waals surface area contributed by atoms with E-state index in [9.17, 15) is 18.4 Å². The summed E-state index contributed by atoms with van der Waals surface area (Å²) in [5, 5.41) is 7.58. The summed E-state index contributed by atoms with van der Waals surface area (Å²) in [6, 6.07) is 14.6. The zero-order valence-corrected chi connectivity index (χ0v) is 20.4. The predicted octanol–water partition coefficient (Wildman–Crippen LogP) is 3.04. The molecule has 198 valence electrons. The van der Waals surface area contributed by atoms with Crippen LogP contribution in [0.4, 0.5) is 8.78 Å². The summed E-state index contributed by atoms with van der Waals surface area (Å²) >= 11 is 0. The highest BCUT2D eigenvalue weighted by atomic mass is 19.1. The Balaban J connectivity index is 1.37. The Hall–Kier alpha value is -5.00. The van der Waals surface area contributed by atoms with Crippen LogP contribution in [-0.2, 0) is 9.59 Å². The number of hydrogen-bond acceptors (Lipinski definition) is 8. The van der Waals surface area contributed by atoms with Gasteiger partial charge in [-0.25, -0.2) is 19.6 Å². The molecule has 0 heterocycles. The Morgan fingerprint density at radius 2 is 1.11 bits per heavy atom. The number of halogens is 2. The van der Waals surface area contributed by atoms with Crippen LogP contribution in [0.25, 0.3) is 0 Å². The lowest BCUT2D eigenvalue weighted by molar-refractivity contribution is -0.123. The monoisotopic (exact) mass is 526 g/mol. The van der Waals surface area contributed by atoms with E-state index in [1.165, 1.54) is 63.0 Å². The van der Waals surface area contributed by atoms with Crippen LogP contribution in [0.15, 0.2) is 70.9 Å². The fourth-order valence-electron chi connectivity index (χ4n) is 2.87. The average molecular weight is 526 g/mol. The molecule has 0 bridgehead atoms. The summed E-state index contributed by atoms with van der Waals surface area (Å²) in [7, 11) is 2.70. The molecule has 0 atom stereocenters. The van der Waals surface area contributed by atoms with E-state index in [1.807, 2.05) is 0 Å². The van der Waals surface area contributed by atoms with E-state index < -0.39 is 23.4 Å². The third kappa shape index (κ3) is 8.59. The molecule has 0 saturated carbocycles. The van der Waals surface area contributed by atoms with Gasteiger partial charge < -0.3 is 18.9 Å². The molecule has 3 rings (SSSR count). The number of rotatable bonds is 12. The molecular formula is C26H24F2N4O6. The molecule has 0 unspecified atom stereocenters. The molecule has 12 heteroatoms. The molecule has 0 aromatic heterocycles. The number of amides is 2. The molecule has 2 amide bonds. The number of carbonyl (C=O) groups is 2. The summed E-state index contributed by atoms with van der Waals surface area (Å²) < 4.78 is 47.4. The van der Waals surface area contributed by atoms with Gasteiger partial charge in [-0.1, -0.05) is 12.1 Å². The number of hydrogen-bond donors (Lipinski definition) is 2. The molecule has 10 nitrogen and oxygen atoms in total. The maximum atomic E-state index is 13.4. The van der Waals surface area contributed by atoms with E-state index in [4.69, 9.17) is 18.9 Å². The number of benzene rings is 3. The molecule has 0 aliphatic heterocycles. The fraction of sp³-hybridized carbons (Fsp3) is 0.154. The van der Waals surface area contributed by atoms with Gasteiger partial charge in [-0.3, -0.25) is 9.59 Å². The van der Waals surface area contributed by atoms with Gasteiger partial charge in [0.1, 0.15) is 11.5 Å². The minimum absolute atomic E-state index is 0.0633. The van der Waals surface area contributed by atoms with Crippen molar-refractivity contribution in [3.8, 4) is 23.0 Å². The van der Waals surface area contributed by atoms with Gasteiger partial charge in [-0.05, 0) is 59.7 Å². The van der Waals surface area contributed by atoms with Gasteiger partial charge in [-0.2, -0.15) is 10.2 Å². The first kappa shape index (κ1) is 27.6. The number of methoxy groups -OCH3 is 2. The second-order valence-electron chi connectivity index (χ2n) is 7.42. The molecule has 0 aliphatic rings. The first-order valence-electron chi connectivity index (χ1n) is 11.0. The van der Waals surface area contributed by atoms with Crippen LogP contribution in [0.1, 0.15) is 11.1 Å². The highest BCUT2D eigenvalue weighted by Gasteiger charge is 2.06. The van der Waals surface area contributed by atoms with Crippen molar-refractivity contribution in [2.75, 3.05) is 27.4 Å². The minimum atomic E-state index is -0.507. The standard InChI is InChI=1S/C26H24F2N4O6/c1-35-23-11-17(3-9-21(23)27)13-29-31-25(33)15-37-19-5-7-20(8-6-19)38-16-26(34)32-30-14-18-4-10-22(28)24(12-18)36-2/h3-14H,15-16H2,1-2H3,(H,31,33)(H,32,34). The van der Waals surface area contributed by atoms with Crippen molar-refractivity contribution >= 4 is 24.2 Å². The van der Waals surface area contributed by atoms with Crippen LogP contribution in [-0.4, -0.2) is 51.7 Å². The summed E-state index contributed by atoms with van der Waals surface area (Å²) in [5.41, 5.74) is 5.67. The number of nitrogens with one attached hydrogen (secondary N) is 2. The van der Waals surface area contributed by atoms with E-state index in [0.29, 0.717) is 22.6 Å². The van der Waals surface area contributed by atoms with Crippen LogP contribution in [0, 0.1) is 11.6 Å². The van der Waals surface area contributed by atoms with Gasteiger partial charge in [-0.15, -0.1) is 0 Å². The maximum Gasteiger partial charge on any atom is 0.277 e. The number of ether oxygens (including phenoxy) is 4. The van der Waals surface area contributed by atoms with Crippen molar-refractivity contribution in [2.45, 2.75) is 0 Å². The smallest absolute Gasteiger partial charge is 0.277 e. The zero-order valence-electron chi connectivity index (χ0n) is 20.4. The van der Waals surface area contributed by atoms with Crippen molar-refractivity contribution in [3.05, 3.63) is 83.4 Å². The van der Waals surface area contributed by atoms with Crippen LogP contribution in [0.2, 0.25) is 0 Å². The second-order valence-corrected chi connectivity index (χ2v) is 7.42. The molecule has 38 heavy (non-hydrogen) atoms. The van der Waals surface area contributed by atoms with Crippen molar-refractivity contribution in [1.29, 1.82) is 0 Å². The van der Waals surface area contributed by atoms with Crippen molar-refractivity contribution in [2.24, 2.45) is 10.2 Å². The summed E-state index contributed by atoms with van der Waals surface area (Å²) in [5.74, 6) is -1.11. The molecule has 0 saturated heterocycles. The SMILES string of the molecule is COc1cc(C=NNC(=O)COc2ccc(OCC(=O)NN=Cc3ccc(F)c(OC)c3)cc2)ccc1F. The van der Waals surface area contributed by atoms with E-state index in [-0.39, 0.29) is 24.7 Å². The molecule has 0 fully saturated rings. The average Bonchev–Trinajstić information content (AvgIpc) is 2.93. The Bertz CT molecular complexity index is 1220. The van der Waals surface area contributed by atoms with E-state index in [0.717, 1.165) is 0 Å². The molecule has 2 N–H and O–H groups in total. The number of hydrazone groups is 2. The van der Waals surface area contributed by atoms with Crippen LogP contribution < -0.4 is 29.8 Å². The summed E-state index contributed by atoms with van der Waals surface area (Å²) in [6.07, 6.45) is 2.68. The van der Waals surface area contributed by atoms with E-state index >= 15 is 0 Å². The fourth-order valence-corrected chi connectivity index (χ4v) is 2.87. The van der Waals surface area contributed by atoms with Gasteiger partial charge >= 0.3 is 0 Å². The normalized spacial score (nSPS) is 10.8. The predicted molar refractivity (Wildman–Crippen MR) is 135 cm³/mol. The van der Waals surface area contributed by atoms with E-state index in [2.05, 4.69) is 21.1 Å². The van der Waals surface area contributed by atoms with Crippen molar-refractivity contribution < 1.29 is 37.3 Å². The largest absolute Gasteiger partial charge is 0.494 e. The quantitative estimate of drug-likeness (QED) is 0.277. The third-order valence-corrected chi connectivity index (χ3v) is 4.72. The first-order valence-corrected chi connectivity index (χ1v) is 11.0. The molecule has 0 aliphatic carbocycles. The van der Waals surface area contributed by atoms with Crippen molar-refractivity contribution in [3.63, 3.8) is 0 Å². The molecule has 0 radical (unpaired) electrons. The zero-order chi connectivity index (χ0) is 27.3. The minimum Gasteiger partial charge on any atom is -0.494 e. The Morgan fingerprint density at radius 1 is 0.711 bits per heavy atom. The van der Waals surface area contributed by atoms with Crippen molar-refractivity contribution in [1.82, 2.24) is 10.9 Å². The van der Waals surface area contributed by atoms with Crippen LogP contribution in [0.3, 0.4) is 0 Å². The second kappa shape index (κ2) is 13.9. The maximum absolute atomic E-state index is 13.4.